The molecule has 0 radical (unpaired) electrons. The van der Waals surface area contributed by atoms with Crippen molar-refractivity contribution in [2.75, 3.05) is 13.1 Å². The highest BCUT2D eigenvalue weighted by molar-refractivity contribution is 4.97. The highest BCUT2D eigenvalue weighted by atomic mass is 15.4. The second-order valence-electron chi connectivity index (χ2n) is 15.0. The molecule has 1 aliphatic heterocycles. The first-order valence-electron chi connectivity index (χ1n) is 21.5. The van der Waals surface area contributed by atoms with Crippen molar-refractivity contribution >= 4 is 0 Å². The van der Waals surface area contributed by atoms with Gasteiger partial charge in [0.25, 0.3) is 0 Å². The molecule has 45 heavy (non-hydrogen) atoms. The van der Waals surface area contributed by atoms with Crippen molar-refractivity contribution in [2.24, 2.45) is 0 Å². The first-order chi connectivity index (χ1) is 22.3. The Morgan fingerprint density at radius 2 is 0.511 bits per heavy atom. The fourth-order valence-corrected chi connectivity index (χ4v) is 7.42. The van der Waals surface area contributed by atoms with E-state index >= 15 is 0 Å². The van der Waals surface area contributed by atoms with Crippen molar-refractivity contribution in [2.45, 2.75) is 252 Å². The Labute approximate surface area is 286 Å². The summed E-state index contributed by atoms with van der Waals surface area (Å²) in [6, 6.07) is 0. The van der Waals surface area contributed by atoms with Crippen LogP contribution in [-0.4, -0.2) is 29.1 Å². The van der Waals surface area contributed by atoms with E-state index in [1.165, 1.54) is 238 Å². The zero-order valence-electron chi connectivity index (χ0n) is 31.8. The van der Waals surface area contributed by atoms with Crippen LogP contribution in [0.4, 0.5) is 0 Å². The highest BCUT2D eigenvalue weighted by Gasteiger charge is 2.24. The third kappa shape index (κ3) is 27.0. The molecule has 2 heteroatoms. The smallest absolute Gasteiger partial charge is 0.101 e. The second-order valence-corrected chi connectivity index (χ2v) is 15.0. The fourth-order valence-electron chi connectivity index (χ4n) is 7.42. The number of hydrogen-bond acceptors (Lipinski definition) is 2. The minimum atomic E-state index is 0.639. The van der Waals surface area contributed by atoms with Gasteiger partial charge < -0.3 is 9.80 Å². The largest absolute Gasteiger partial charge is 0.356 e. The minimum absolute atomic E-state index is 0.639. The molecule has 0 saturated heterocycles. The number of nitrogens with zero attached hydrogens (tertiary/aromatic N) is 2. The van der Waals surface area contributed by atoms with Crippen LogP contribution in [0.2, 0.25) is 0 Å². The van der Waals surface area contributed by atoms with Gasteiger partial charge in [0.15, 0.2) is 0 Å². The topological polar surface area (TPSA) is 6.48 Å². The van der Waals surface area contributed by atoms with Crippen molar-refractivity contribution < 1.29 is 0 Å². The second kappa shape index (κ2) is 34.7. The van der Waals surface area contributed by atoms with Gasteiger partial charge in [-0.3, -0.25) is 0 Å². The molecule has 0 amide bonds. The predicted molar refractivity (Wildman–Crippen MR) is 205 cm³/mol. The van der Waals surface area contributed by atoms with Crippen LogP contribution in [0, 0.1) is 0 Å². The molecule has 1 heterocycles. The third-order valence-corrected chi connectivity index (χ3v) is 10.6. The molecule has 2 nitrogen and oxygen atoms in total. The lowest BCUT2D eigenvalue weighted by Gasteiger charge is -2.33. The van der Waals surface area contributed by atoms with Gasteiger partial charge in [-0.1, -0.05) is 220 Å². The molecule has 1 unspecified atom stereocenters. The Balaban J connectivity index is 2.08. The Morgan fingerprint density at radius 1 is 0.289 bits per heavy atom. The normalized spacial score (nSPS) is 14.8. The van der Waals surface area contributed by atoms with Crippen LogP contribution in [0.3, 0.4) is 0 Å². The lowest BCUT2D eigenvalue weighted by molar-refractivity contribution is 0.135. The van der Waals surface area contributed by atoms with Gasteiger partial charge in [-0.25, -0.2) is 0 Å². The van der Waals surface area contributed by atoms with Gasteiger partial charge in [-0.15, -0.1) is 0 Å². The average Bonchev–Trinajstić information content (AvgIpc) is 3.44. The summed E-state index contributed by atoms with van der Waals surface area (Å²) in [5.74, 6) is 0. The van der Waals surface area contributed by atoms with Crippen LogP contribution >= 0.6 is 0 Å². The van der Waals surface area contributed by atoms with Gasteiger partial charge in [0.1, 0.15) is 6.17 Å². The molecule has 0 spiro atoms. The van der Waals surface area contributed by atoms with Crippen molar-refractivity contribution in [1.82, 2.24) is 9.80 Å². The highest BCUT2D eigenvalue weighted by Crippen LogP contribution is 2.24. The van der Waals surface area contributed by atoms with E-state index in [0.29, 0.717) is 6.17 Å². The fraction of sp³-hybridized carbons (Fsp3) is 0.953. The summed E-state index contributed by atoms with van der Waals surface area (Å²) in [5, 5.41) is 0. The van der Waals surface area contributed by atoms with Crippen molar-refractivity contribution in [3.05, 3.63) is 12.4 Å². The zero-order valence-corrected chi connectivity index (χ0v) is 31.8. The lowest BCUT2D eigenvalue weighted by atomic mass is 10.0. The van der Waals surface area contributed by atoms with E-state index in [1.807, 2.05) is 0 Å². The molecular formula is C43H86N2. The summed E-state index contributed by atoms with van der Waals surface area (Å²) in [6.45, 7) is 9.48. The number of hydrogen-bond donors (Lipinski definition) is 0. The molecule has 0 fully saturated rings. The molecule has 268 valence electrons. The van der Waals surface area contributed by atoms with Gasteiger partial charge in [0.05, 0.1) is 0 Å². The van der Waals surface area contributed by atoms with E-state index in [9.17, 15) is 0 Å². The van der Waals surface area contributed by atoms with E-state index in [-0.39, 0.29) is 0 Å². The zero-order chi connectivity index (χ0) is 32.3. The SMILES string of the molecule is CCCCCCCCCCCCCCCCCCN1C=CN(CCCCCC)C1CCCCCCCCCCCCCCCC. The summed E-state index contributed by atoms with van der Waals surface area (Å²) in [6.07, 6.45) is 55.9. The van der Waals surface area contributed by atoms with Crippen LogP contribution in [0.5, 0.6) is 0 Å². The summed E-state index contributed by atoms with van der Waals surface area (Å²) in [7, 11) is 0. The number of unbranched alkanes of at least 4 members (excludes halogenated alkanes) is 31. The van der Waals surface area contributed by atoms with Crippen LogP contribution in [-0.2, 0) is 0 Å². The van der Waals surface area contributed by atoms with E-state index in [0.717, 1.165) is 0 Å². The quantitative estimate of drug-likeness (QED) is 0.0630. The molecule has 0 aromatic carbocycles. The molecule has 0 aromatic heterocycles. The maximum Gasteiger partial charge on any atom is 0.101 e. The summed E-state index contributed by atoms with van der Waals surface area (Å²) < 4.78 is 0. The maximum atomic E-state index is 2.71. The Morgan fingerprint density at radius 3 is 0.800 bits per heavy atom. The predicted octanol–water partition coefficient (Wildman–Crippen LogP) is 15.1. The van der Waals surface area contributed by atoms with Gasteiger partial charge in [-0.2, -0.15) is 0 Å². The molecule has 0 aliphatic carbocycles. The first-order valence-corrected chi connectivity index (χ1v) is 21.5. The van der Waals surface area contributed by atoms with Gasteiger partial charge in [0, 0.05) is 25.5 Å². The summed E-state index contributed by atoms with van der Waals surface area (Å²) >= 11 is 0. The van der Waals surface area contributed by atoms with Gasteiger partial charge in [0.2, 0.25) is 0 Å². The minimum Gasteiger partial charge on any atom is -0.356 e. The Kier molecular flexibility index (Phi) is 32.6. The molecular weight excluding hydrogens is 544 g/mol. The molecule has 1 aliphatic rings. The van der Waals surface area contributed by atoms with E-state index < -0.39 is 0 Å². The van der Waals surface area contributed by atoms with E-state index in [4.69, 9.17) is 0 Å². The van der Waals surface area contributed by atoms with Crippen molar-refractivity contribution in [1.29, 1.82) is 0 Å². The van der Waals surface area contributed by atoms with E-state index in [1.54, 1.807) is 0 Å². The Bertz CT molecular complexity index is 586. The molecule has 0 saturated carbocycles. The Hall–Kier alpha value is -0.660. The lowest BCUT2D eigenvalue weighted by Crippen LogP contribution is -2.39. The van der Waals surface area contributed by atoms with Gasteiger partial charge in [-0.05, 0) is 25.7 Å². The van der Waals surface area contributed by atoms with Crippen molar-refractivity contribution in [3.63, 3.8) is 0 Å². The van der Waals surface area contributed by atoms with Crippen LogP contribution in [0.25, 0.3) is 0 Å². The standard InChI is InChI=1S/C43H86N2/c1-4-7-10-13-15-17-19-21-23-24-26-28-30-32-34-37-40-45-42-41-44(39-36-12-9-6-3)43(45)38-35-33-31-29-27-25-22-20-18-16-14-11-8-5-2/h41-43H,4-40H2,1-3H3. The monoisotopic (exact) mass is 631 g/mol. The van der Waals surface area contributed by atoms with Crippen LogP contribution in [0.15, 0.2) is 12.4 Å². The average molecular weight is 631 g/mol. The molecule has 0 bridgehead atoms. The summed E-state index contributed by atoms with van der Waals surface area (Å²) in [5.41, 5.74) is 0. The van der Waals surface area contributed by atoms with Crippen LogP contribution in [0.1, 0.15) is 245 Å². The summed E-state index contributed by atoms with van der Waals surface area (Å²) in [4.78, 5) is 5.41. The number of rotatable bonds is 37. The molecule has 0 aromatic rings. The third-order valence-electron chi connectivity index (χ3n) is 10.6. The molecule has 1 rings (SSSR count). The van der Waals surface area contributed by atoms with Gasteiger partial charge >= 0.3 is 0 Å². The molecule has 0 N–H and O–H groups in total. The first kappa shape index (κ1) is 42.4. The van der Waals surface area contributed by atoms with Crippen molar-refractivity contribution in [3.8, 4) is 0 Å². The molecule has 1 atom stereocenters. The van der Waals surface area contributed by atoms with Crippen LogP contribution < -0.4 is 0 Å². The maximum absolute atomic E-state index is 2.71. The van der Waals surface area contributed by atoms with E-state index in [2.05, 4.69) is 43.0 Å².